The molecule has 0 saturated carbocycles. The predicted molar refractivity (Wildman–Crippen MR) is 182 cm³/mol. The van der Waals surface area contributed by atoms with Crippen molar-refractivity contribution in [1.29, 1.82) is 0 Å². The second-order valence-electron chi connectivity index (χ2n) is 11.6. The molecule has 0 amide bonds. The molecule has 0 aliphatic heterocycles. The van der Waals surface area contributed by atoms with E-state index in [1.165, 1.54) is 69.8 Å². The van der Waals surface area contributed by atoms with Gasteiger partial charge >= 0.3 is 11.9 Å². The van der Waals surface area contributed by atoms with Crippen LogP contribution in [0.2, 0.25) is 0 Å². The van der Waals surface area contributed by atoms with Crippen LogP contribution in [0.4, 0.5) is 0 Å². The minimum atomic E-state index is -0.510. The Balaban J connectivity index is 1.38. The molecule has 0 aliphatic rings. The molecule has 3 aromatic rings. The Labute approximate surface area is 269 Å². The zero-order valence-electron chi connectivity index (χ0n) is 26.6. The number of hydrogen-bond donors (Lipinski definition) is 0. The molecule has 3 aromatic carbocycles. The summed E-state index contributed by atoms with van der Waals surface area (Å²) in [6.45, 7) is 6.72. The van der Waals surface area contributed by atoms with Gasteiger partial charge in [-0.15, -0.1) is 0 Å². The summed E-state index contributed by atoms with van der Waals surface area (Å²) in [5.74, 6) is 0.288. The SMILES string of the molecule is CCCCCCCCCCCCc1ccc(C(=S)Oc2ccc(C(=O)Oc3ccc(C(=O)OC[C@@H](C)CC)cc3)cc2)cc1. The van der Waals surface area contributed by atoms with Crippen molar-refractivity contribution in [2.24, 2.45) is 5.92 Å². The number of thiocarbonyl (C=S) groups is 1. The van der Waals surface area contributed by atoms with Gasteiger partial charge in [-0.25, -0.2) is 9.59 Å². The van der Waals surface area contributed by atoms with Crippen LogP contribution in [-0.4, -0.2) is 23.6 Å². The maximum Gasteiger partial charge on any atom is 0.343 e. The Kier molecular flexibility index (Phi) is 15.7. The van der Waals surface area contributed by atoms with Gasteiger partial charge in [-0.1, -0.05) is 109 Å². The van der Waals surface area contributed by atoms with E-state index in [2.05, 4.69) is 26.0 Å². The Bertz CT molecular complexity index is 1280. The number of unbranched alkanes of at least 4 members (excludes halogenated alkanes) is 9. The van der Waals surface area contributed by atoms with Gasteiger partial charge in [-0.05, 0) is 85.1 Å². The third kappa shape index (κ3) is 12.6. The summed E-state index contributed by atoms with van der Waals surface area (Å²) in [5.41, 5.74) is 2.95. The molecule has 0 radical (unpaired) electrons. The fourth-order valence-corrected chi connectivity index (χ4v) is 4.93. The van der Waals surface area contributed by atoms with Gasteiger partial charge in [-0.2, -0.15) is 0 Å². The number of carbonyl (C=O) groups is 2. The van der Waals surface area contributed by atoms with Gasteiger partial charge in [0.15, 0.2) is 5.05 Å². The molecule has 0 spiro atoms. The second kappa shape index (κ2) is 19.7. The van der Waals surface area contributed by atoms with Crippen LogP contribution in [0.3, 0.4) is 0 Å². The quantitative estimate of drug-likeness (QED) is 0.0578. The first-order valence-corrected chi connectivity index (χ1v) is 16.7. The highest BCUT2D eigenvalue weighted by Gasteiger charge is 2.13. The van der Waals surface area contributed by atoms with Crippen LogP contribution in [0.1, 0.15) is 123 Å². The van der Waals surface area contributed by atoms with E-state index >= 15 is 0 Å². The molecule has 0 saturated heterocycles. The van der Waals surface area contributed by atoms with Crippen LogP contribution in [0, 0.1) is 5.92 Å². The van der Waals surface area contributed by atoms with E-state index in [0.717, 1.165) is 18.4 Å². The predicted octanol–water partition coefficient (Wildman–Crippen LogP) is 10.3. The van der Waals surface area contributed by atoms with Crippen LogP contribution in [0.25, 0.3) is 0 Å². The number of esters is 2. The van der Waals surface area contributed by atoms with E-state index in [1.807, 2.05) is 19.1 Å². The van der Waals surface area contributed by atoms with Crippen LogP contribution in [-0.2, 0) is 11.2 Å². The maximum atomic E-state index is 12.6. The van der Waals surface area contributed by atoms with Crippen molar-refractivity contribution in [1.82, 2.24) is 0 Å². The summed E-state index contributed by atoms with van der Waals surface area (Å²) in [4.78, 5) is 24.8. The lowest BCUT2D eigenvalue weighted by molar-refractivity contribution is 0.0447. The molecule has 5 nitrogen and oxygen atoms in total. The molecule has 0 aliphatic carbocycles. The lowest BCUT2D eigenvalue weighted by Gasteiger charge is -2.10. The Hall–Kier alpha value is -3.51. The zero-order chi connectivity index (χ0) is 31.6. The highest BCUT2D eigenvalue weighted by atomic mass is 32.1. The molecule has 0 bridgehead atoms. The van der Waals surface area contributed by atoms with Crippen LogP contribution >= 0.6 is 12.2 Å². The van der Waals surface area contributed by atoms with Crippen LogP contribution in [0.15, 0.2) is 72.8 Å². The number of carbonyl (C=O) groups excluding carboxylic acids is 2. The molecule has 0 N–H and O–H groups in total. The average molecular weight is 617 g/mol. The minimum Gasteiger partial charge on any atom is -0.462 e. The molecular weight excluding hydrogens is 568 g/mol. The van der Waals surface area contributed by atoms with Gasteiger partial charge in [0.25, 0.3) is 0 Å². The Morgan fingerprint density at radius 2 is 1.09 bits per heavy atom. The summed E-state index contributed by atoms with van der Waals surface area (Å²) in [6, 6.07) is 21.3. The van der Waals surface area contributed by atoms with Crippen molar-refractivity contribution in [2.75, 3.05) is 6.61 Å². The standard InChI is InChI=1S/C38H48O5S/c1-4-6-7-8-9-10-11-12-13-14-15-30-16-18-33(19-17-30)38(44)43-35-26-22-32(23-27-35)37(40)42-34-24-20-31(21-25-34)36(39)41-28-29(3)5-2/h16-27,29H,4-15,28H2,1-3H3/t29-/m0/s1. The fourth-order valence-electron chi connectivity index (χ4n) is 4.69. The number of aryl methyl sites for hydroxylation is 1. The van der Waals surface area contributed by atoms with Crippen molar-refractivity contribution >= 4 is 29.2 Å². The topological polar surface area (TPSA) is 61.8 Å². The number of rotatable bonds is 19. The van der Waals surface area contributed by atoms with Crippen molar-refractivity contribution in [2.45, 2.75) is 97.8 Å². The van der Waals surface area contributed by atoms with Crippen LogP contribution < -0.4 is 9.47 Å². The second-order valence-corrected chi connectivity index (χ2v) is 11.9. The van der Waals surface area contributed by atoms with Gasteiger partial charge in [0.05, 0.1) is 17.7 Å². The molecule has 0 unspecified atom stereocenters. The first-order valence-electron chi connectivity index (χ1n) is 16.3. The van der Waals surface area contributed by atoms with E-state index in [1.54, 1.807) is 48.5 Å². The largest absolute Gasteiger partial charge is 0.462 e. The van der Waals surface area contributed by atoms with E-state index in [0.29, 0.717) is 40.2 Å². The van der Waals surface area contributed by atoms with E-state index in [4.69, 9.17) is 26.4 Å². The van der Waals surface area contributed by atoms with Crippen molar-refractivity contribution in [3.63, 3.8) is 0 Å². The molecule has 3 rings (SSSR count). The summed E-state index contributed by atoms with van der Waals surface area (Å²) in [7, 11) is 0. The van der Waals surface area contributed by atoms with Crippen molar-refractivity contribution < 1.29 is 23.8 Å². The molecule has 44 heavy (non-hydrogen) atoms. The van der Waals surface area contributed by atoms with Gasteiger partial charge in [0.2, 0.25) is 0 Å². The highest BCUT2D eigenvalue weighted by Crippen LogP contribution is 2.19. The van der Waals surface area contributed by atoms with E-state index < -0.39 is 11.9 Å². The summed E-state index contributed by atoms with van der Waals surface area (Å²) < 4.78 is 16.6. The summed E-state index contributed by atoms with van der Waals surface area (Å²) in [6.07, 6.45) is 15.4. The van der Waals surface area contributed by atoms with Crippen molar-refractivity contribution in [3.8, 4) is 11.5 Å². The Morgan fingerprint density at radius 3 is 1.64 bits per heavy atom. The average Bonchev–Trinajstić information content (AvgIpc) is 3.05. The van der Waals surface area contributed by atoms with E-state index in [9.17, 15) is 9.59 Å². The van der Waals surface area contributed by atoms with Crippen LogP contribution in [0.5, 0.6) is 11.5 Å². The summed E-state index contributed by atoms with van der Waals surface area (Å²) >= 11 is 5.51. The molecule has 0 aromatic heterocycles. The van der Waals surface area contributed by atoms with Gasteiger partial charge < -0.3 is 14.2 Å². The number of benzene rings is 3. The normalized spacial score (nSPS) is 11.5. The molecule has 6 heteroatoms. The van der Waals surface area contributed by atoms with Gasteiger partial charge in [0, 0.05) is 5.56 Å². The first-order chi connectivity index (χ1) is 21.4. The molecule has 0 fully saturated rings. The third-order valence-electron chi connectivity index (χ3n) is 7.81. The van der Waals surface area contributed by atoms with Gasteiger partial charge in [0.1, 0.15) is 11.5 Å². The minimum absolute atomic E-state index is 0.307. The molecule has 236 valence electrons. The summed E-state index contributed by atoms with van der Waals surface area (Å²) in [5, 5.41) is 0.383. The van der Waals surface area contributed by atoms with Crippen molar-refractivity contribution in [3.05, 3.63) is 95.1 Å². The van der Waals surface area contributed by atoms with E-state index in [-0.39, 0.29) is 0 Å². The van der Waals surface area contributed by atoms with Gasteiger partial charge in [-0.3, -0.25) is 0 Å². The Morgan fingerprint density at radius 1 is 0.614 bits per heavy atom. The molecule has 0 heterocycles. The first kappa shape index (κ1) is 35.0. The number of ether oxygens (including phenoxy) is 3. The number of hydrogen-bond acceptors (Lipinski definition) is 6. The lowest BCUT2D eigenvalue weighted by atomic mass is 10.0. The smallest absolute Gasteiger partial charge is 0.343 e. The lowest BCUT2D eigenvalue weighted by Crippen LogP contribution is -2.12. The highest BCUT2D eigenvalue weighted by molar-refractivity contribution is 7.80. The third-order valence-corrected chi connectivity index (χ3v) is 8.12. The fraction of sp³-hybridized carbons (Fsp3) is 0.447. The monoisotopic (exact) mass is 616 g/mol. The molecular formula is C38H48O5S. The zero-order valence-corrected chi connectivity index (χ0v) is 27.5. The maximum absolute atomic E-state index is 12.6. The molecule has 1 atom stereocenters.